The van der Waals surface area contributed by atoms with Gasteiger partial charge in [0.05, 0.1) is 13.2 Å². The van der Waals surface area contributed by atoms with Crippen LogP contribution in [0.25, 0.3) is 0 Å². The van der Waals surface area contributed by atoms with E-state index in [1.807, 2.05) is 27.7 Å². The van der Waals surface area contributed by atoms with Gasteiger partial charge in [0.2, 0.25) is 0 Å². The summed E-state index contributed by atoms with van der Waals surface area (Å²) in [4.78, 5) is 24.1. The normalized spacial score (nSPS) is 13.1. The Bertz CT molecular complexity index is 505. The van der Waals surface area contributed by atoms with Crippen molar-refractivity contribution in [1.29, 1.82) is 0 Å². The molecule has 2 atom stereocenters. The Morgan fingerprint density at radius 3 is 1.96 bits per heavy atom. The predicted octanol–water partition coefficient (Wildman–Crippen LogP) is 3.56. The van der Waals surface area contributed by atoms with E-state index in [1.54, 1.807) is 6.08 Å². The van der Waals surface area contributed by atoms with Gasteiger partial charge in [-0.15, -0.1) is 6.58 Å². The number of nitrogens with one attached hydrogen (secondary N) is 1. The van der Waals surface area contributed by atoms with Gasteiger partial charge in [0.1, 0.15) is 13.2 Å². The van der Waals surface area contributed by atoms with Crippen LogP contribution in [0.1, 0.15) is 27.7 Å². The number of alkyl carbamates (subject to hydrolysis) is 1. The van der Waals surface area contributed by atoms with Gasteiger partial charge in [-0.05, 0) is 27.7 Å². The molecule has 0 heterocycles. The first-order chi connectivity index (χ1) is 13.3. The number of rotatable bonds is 15. The third kappa shape index (κ3) is 10.6. The van der Waals surface area contributed by atoms with Crippen LogP contribution in [0.2, 0.25) is 0 Å². The average molecular weight is 416 g/mol. The van der Waals surface area contributed by atoms with Gasteiger partial charge in [-0.1, -0.05) is 31.4 Å². The third-order valence-electron chi connectivity index (χ3n) is 3.15. The maximum atomic E-state index is 12.3. The van der Waals surface area contributed by atoms with Crippen molar-refractivity contribution >= 4 is 20.6 Å². The lowest BCUT2D eigenvalue weighted by Crippen LogP contribution is -2.45. The van der Waals surface area contributed by atoms with Gasteiger partial charge in [0, 0.05) is 12.1 Å². The molecule has 0 aliphatic rings. The lowest BCUT2D eigenvalue weighted by Gasteiger charge is -2.35. The minimum Gasteiger partial charge on any atom is -0.460 e. The Balaban J connectivity index is 5.21. The van der Waals surface area contributed by atoms with Crippen molar-refractivity contribution in [1.82, 2.24) is 9.99 Å². The lowest BCUT2D eigenvalue weighted by atomic mass is 10.3. The fraction of sp³-hybridized carbons (Fsp3) is 0.579. The third-order valence-corrected chi connectivity index (χ3v) is 5.19. The highest BCUT2D eigenvalue weighted by Gasteiger charge is 2.30. The summed E-state index contributed by atoms with van der Waals surface area (Å²) in [5, 5.41) is 2.44. The Morgan fingerprint density at radius 2 is 1.46 bits per heavy atom. The second-order valence-corrected chi connectivity index (χ2v) is 7.64. The quantitative estimate of drug-likeness (QED) is 0.248. The zero-order chi connectivity index (χ0) is 21.5. The number of carbonyl (C=O) groups excluding carboxylic acids is 2. The molecule has 160 valence electrons. The average Bonchev–Trinajstić information content (AvgIpc) is 2.64. The van der Waals surface area contributed by atoms with E-state index in [1.165, 1.54) is 12.2 Å². The van der Waals surface area contributed by atoms with Crippen LogP contribution < -0.4 is 5.32 Å². The molecule has 1 amide bonds. The zero-order valence-electron chi connectivity index (χ0n) is 17.3. The molecule has 0 spiro atoms. The molecule has 0 saturated heterocycles. The van der Waals surface area contributed by atoms with E-state index < -0.39 is 26.6 Å². The molecule has 28 heavy (non-hydrogen) atoms. The first-order valence-electron chi connectivity index (χ1n) is 9.05. The van der Waals surface area contributed by atoms with Gasteiger partial charge in [-0.3, -0.25) is 0 Å². The fourth-order valence-corrected chi connectivity index (χ4v) is 3.73. The number of carbonyl (C=O) groups is 2. The maximum Gasteiger partial charge on any atom is 0.408 e. The first-order valence-corrected chi connectivity index (χ1v) is 10.2. The van der Waals surface area contributed by atoms with Crippen LogP contribution in [0.5, 0.6) is 0 Å². The maximum absolute atomic E-state index is 12.3. The molecule has 0 saturated carbocycles. The largest absolute Gasteiger partial charge is 0.460 e. The number of ether oxygens (including phenoxy) is 2. The second-order valence-electron chi connectivity index (χ2n) is 6.19. The van der Waals surface area contributed by atoms with Gasteiger partial charge >= 0.3 is 12.1 Å². The van der Waals surface area contributed by atoms with E-state index in [-0.39, 0.29) is 31.9 Å². The lowest BCUT2D eigenvalue weighted by molar-refractivity contribution is -0.145. The predicted molar refractivity (Wildman–Crippen MR) is 111 cm³/mol. The van der Waals surface area contributed by atoms with Crippen molar-refractivity contribution in [2.75, 3.05) is 26.4 Å². The number of hydrogen-bond donors (Lipinski definition) is 1. The molecule has 0 fully saturated rings. The van der Waals surface area contributed by atoms with Crippen LogP contribution >= 0.6 is 8.53 Å². The SMILES string of the molecule is C=CCOC(=O)N[C@@H](COP(OCC=C)N(C(C)C)C(C)C)C(=O)OCC=C. The van der Waals surface area contributed by atoms with Gasteiger partial charge in [-0.25, -0.2) is 14.3 Å². The standard InChI is InChI=1S/C19H33N2O6P/c1-8-11-24-18(22)17(20-19(23)25-12-9-2)14-27-28(26-13-10-3)21(15(4)5)16(6)7/h8-10,15-17H,1-3,11-14H2,4-7H3,(H,20,23)/t17-,28?/m0/s1. The highest BCUT2D eigenvalue weighted by Crippen LogP contribution is 2.45. The van der Waals surface area contributed by atoms with E-state index in [0.717, 1.165) is 0 Å². The molecule has 0 aromatic carbocycles. The van der Waals surface area contributed by atoms with Gasteiger partial charge in [-0.2, -0.15) is 0 Å². The van der Waals surface area contributed by atoms with E-state index in [0.29, 0.717) is 6.61 Å². The molecule has 0 radical (unpaired) electrons. The van der Waals surface area contributed by atoms with Crippen LogP contribution in [-0.2, 0) is 23.3 Å². The monoisotopic (exact) mass is 416 g/mol. The molecular weight excluding hydrogens is 383 g/mol. The highest BCUT2D eigenvalue weighted by atomic mass is 31.2. The minimum absolute atomic E-state index is 0.0184. The van der Waals surface area contributed by atoms with Crippen molar-refractivity contribution in [3.8, 4) is 0 Å². The van der Waals surface area contributed by atoms with Crippen molar-refractivity contribution < 1.29 is 28.1 Å². The molecule has 0 rings (SSSR count). The van der Waals surface area contributed by atoms with Gasteiger partial charge in [0.15, 0.2) is 6.04 Å². The van der Waals surface area contributed by atoms with E-state index in [4.69, 9.17) is 18.5 Å². The number of esters is 1. The minimum atomic E-state index is -1.49. The van der Waals surface area contributed by atoms with Gasteiger partial charge < -0.3 is 23.8 Å². The van der Waals surface area contributed by atoms with Crippen LogP contribution in [0.15, 0.2) is 38.0 Å². The van der Waals surface area contributed by atoms with Crippen LogP contribution in [0.3, 0.4) is 0 Å². The van der Waals surface area contributed by atoms with Crippen molar-refractivity contribution in [2.45, 2.75) is 45.8 Å². The molecule has 1 unspecified atom stereocenters. The summed E-state index contributed by atoms with van der Waals surface area (Å²) in [5.41, 5.74) is 0. The van der Waals surface area contributed by atoms with Crippen molar-refractivity contribution in [2.24, 2.45) is 0 Å². The summed E-state index contributed by atoms with van der Waals surface area (Å²) in [6.07, 6.45) is 3.71. The zero-order valence-corrected chi connectivity index (χ0v) is 18.2. The number of nitrogens with zero attached hydrogens (tertiary/aromatic N) is 1. The van der Waals surface area contributed by atoms with Crippen LogP contribution in [-0.4, -0.2) is 61.3 Å². The Hall–Kier alpha value is -1.73. The fourth-order valence-electron chi connectivity index (χ4n) is 2.13. The summed E-state index contributed by atoms with van der Waals surface area (Å²) in [6.45, 7) is 18.9. The molecule has 9 heteroatoms. The molecule has 0 aliphatic heterocycles. The highest BCUT2D eigenvalue weighted by molar-refractivity contribution is 7.44. The van der Waals surface area contributed by atoms with Crippen LogP contribution in [0.4, 0.5) is 4.79 Å². The number of hydrogen-bond acceptors (Lipinski definition) is 7. The second kappa shape index (κ2) is 15.2. The Kier molecular flexibility index (Phi) is 14.3. The number of amides is 1. The van der Waals surface area contributed by atoms with Crippen LogP contribution in [0, 0.1) is 0 Å². The van der Waals surface area contributed by atoms with Crippen molar-refractivity contribution in [3.05, 3.63) is 38.0 Å². The smallest absolute Gasteiger partial charge is 0.408 e. The first kappa shape index (κ1) is 26.3. The molecule has 1 N–H and O–H groups in total. The summed E-state index contributed by atoms with van der Waals surface area (Å²) in [7, 11) is -1.49. The summed E-state index contributed by atoms with van der Waals surface area (Å²) < 4.78 is 23.6. The van der Waals surface area contributed by atoms with E-state index >= 15 is 0 Å². The van der Waals surface area contributed by atoms with E-state index in [9.17, 15) is 9.59 Å². The Labute approximate surface area is 169 Å². The molecular formula is C19H33N2O6P. The summed E-state index contributed by atoms with van der Waals surface area (Å²) >= 11 is 0. The van der Waals surface area contributed by atoms with E-state index in [2.05, 4.69) is 29.7 Å². The molecule has 8 nitrogen and oxygen atoms in total. The topological polar surface area (TPSA) is 86.3 Å². The van der Waals surface area contributed by atoms with Crippen molar-refractivity contribution in [3.63, 3.8) is 0 Å². The Morgan fingerprint density at radius 1 is 0.929 bits per heavy atom. The van der Waals surface area contributed by atoms with Gasteiger partial charge in [0.25, 0.3) is 8.53 Å². The molecule has 0 aliphatic carbocycles. The summed E-state index contributed by atoms with van der Waals surface area (Å²) in [5.74, 6) is -0.658. The summed E-state index contributed by atoms with van der Waals surface area (Å²) in [6, 6.07) is -0.768. The molecule has 0 aromatic rings. The molecule has 0 bridgehead atoms. The molecule has 0 aromatic heterocycles.